The Bertz CT molecular complexity index is 134. The summed E-state index contributed by atoms with van der Waals surface area (Å²) >= 11 is 0. The van der Waals surface area contributed by atoms with Crippen molar-refractivity contribution in [2.24, 2.45) is 11.3 Å². The third-order valence-corrected chi connectivity index (χ3v) is 2.98. The first-order chi connectivity index (χ1) is 5.56. The molecule has 1 heterocycles. The van der Waals surface area contributed by atoms with Crippen molar-refractivity contribution in [1.29, 1.82) is 0 Å². The summed E-state index contributed by atoms with van der Waals surface area (Å²) in [6, 6.07) is 0. The second kappa shape index (κ2) is 3.78. The van der Waals surface area contributed by atoms with Gasteiger partial charge in [0.05, 0.1) is 0 Å². The van der Waals surface area contributed by atoms with Crippen LogP contribution in [0, 0.1) is 11.3 Å². The highest BCUT2D eigenvalue weighted by atomic mass is 15.2. The van der Waals surface area contributed by atoms with Crippen LogP contribution in [0.3, 0.4) is 0 Å². The fourth-order valence-electron chi connectivity index (χ4n) is 2.05. The van der Waals surface area contributed by atoms with E-state index in [0.29, 0.717) is 5.41 Å². The van der Waals surface area contributed by atoms with Crippen LogP contribution in [0.5, 0.6) is 0 Å². The highest BCUT2D eigenvalue weighted by molar-refractivity contribution is 4.90. The lowest BCUT2D eigenvalue weighted by Gasteiger charge is -2.48. The van der Waals surface area contributed by atoms with Crippen LogP contribution < -0.4 is 0 Å². The topological polar surface area (TPSA) is 3.24 Å². The zero-order valence-electron chi connectivity index (χ0n) is 9.06. The van der Waals surface area contributed by atoms with E-state index < -0.39 is 0 Å². The van der Waals surface area contributed by atoms with Gasteiger partial charge in [-0.1, -0.05) is 34.1 Å². The minimum absolute atomic E-state index is 0.653. The third-order valence-electron chi connectivity index (χ3n) is 2.98. The molecule has 1 saturated heterocycles. The Morgan fingerprint density at radius 2 is 1.92 bits per heavy atom. The Balaban J connectivity index is 2.16. The predicted octanol–water partition coefficient (Wildman–Crippen LogP) is 2.76. The van der Waals surface area contributed by atoms with Gasteiger partial charge in [-0.05, 0) is 24.3 Å². The predicted molar refractivity (Wildman–Crippen MR) is 54.3 cm³/mol. The molecule has 1 fully saturated rings. The molecule has 0 atom stereocenters. The molecular weight excluding hydrogens is 146 g/mol. The molecule has 1 heteroatoms. The molecule has 0 bridgehead atoms. The Morgan fingerprint density at radius 1 is 1.33 bits per heavy atom. The maximum absolute atomic E-state index is 2.53. The molecule has 0 N–H and O–H groups in total. The first kappa shape index (κ1) is 10.0. The zero-order chi connectivity index (χ0) is 9.19. The van der Waals surface area contributed by atoms with Crippen molar-refractivity contribution in [3.63, 3.8) is 0 Å². The summed E-state index contributed by atoms with van der Waals surface area (Å²) in [5.74, 6) is 0.873. The van der Waals surface area contributed by atoms with Gasteiger partial charge in [-0.15, -0.1) is 0 Å². The molecule has 1 aliphatic rings. The zero-order valence-corrected chi connectivity index (χ0v) is 9.06. The van der Waals surface area contributed by atoms with Crippen LogP contribution in [-0.2, 0) is 0 Å². The fraction of sp³-hybridized carbons (Fsp3) is 1.00. The van der Waals surface area contributed by atoms with Crippen molar-refractivity contribution in [3.8, 4) is 0 Å². The van der Waals surface area contributed by atoms with Crippen molar-refractivity contribution in [1.82, 2.24) is 4.90 Å². The molecule has 0 saturated carbocycles. The Labute approximate surface area is 77.1 Å². The number of nitrogens with zero attached hydrogens (tertiary/aromatic N) is 1. The molecule has 0 aromatic carbocycles. The summed E-state index contributed by atoms with van der Waals surface area (Å²) in [6.45, 7) is 13.2. The van der Waals surface area contributed by atoms with Crippen molar-refractivity contribution >= 4 is 0 Å². The van der Waals surface area contributed by atoms with E-state index in [1.807, 2.05) is 0 Å². The van der Waals surface area contributed by atoms with Gasteiger partial charge in [-0.3, -0.25) is 0 Å². The first-order valence-electron chi connectivity index (χ1n) is 5.28. The summed E-state index contributed by atoms with van der Waals surface area (Å²) in [5.41, 5.74) is 0.653. The first-order valence-corrected chi connectivity index (χ1v) is 5.28. The van der Waals surface area contributed by atoms with Gasteiger partial charge in [0.25, 0.3) is 0 Å². The standard InChI is InChI=1S/C11H23N/c1-5-12-8-11(4,9-12)7-6-10(2)3/h10H,5-9H2,1-4H3. The second-order valence-electron chi connectivity index (χ2n) is 5.05. The number of hydrogen-bond donors (Lipinski definition) is 0. The van der Waals surface area contributed by atoms with Crippen molar-refractivity contribution in [2.45, 2.75) is 40.5 Å². The van der Waals surface area contributed by atoms with E-state index >= 15 is 0 Å². The summed E-state index contributed by atoms with van der Waals surface area (Å²) < 4.78 is 0. The highest BCUT2D eigenvalue weighted by Gasteiger charge is 2.36. The van der Waals surface area contributed by atoms with Crippen LogP contribution >= 0.6 is 0 Å². The van der Waals surface area contributed by atoms with E-state index in [2.05, 4.69) is 32.6 Å². The van der Waals surface area contributed by atoms with Crippen molar-refractivity contribution in [3.05, 3.63) is 0 Å². The van der Waals surface area contributed by atoms with Gasteiger partial charge < -0.3 is 4.90 Å². The summed E-state index contributed by atoms with van der Waals surface area (Å²) in [7, 11) is 0. The van der Waals surface area contributed by atoms with Crippen molar-refractivity contribution in [2.75, 3.05) is 19.6 Å². The lowest BCUT2D eigenvalue weighted by molar-refractivity contribution is 0.00956. The van der Waals surface area contributed by atoms with E-state index in [1.165, 1.54) is 32.5 Å². The van der Waals surface area contributed by atoms with Gasteiger partial charge in [0.15, 0.2) is 0 Å². The van der Waals surface area contributed by atoms with E-state index in [0.717, 1.165) is 5.92 Å². The van der Waals surface area contributed by atoms with E-state index in [-0.39, 0.29) is 0 Å². The van der Waals surface area contributed by atoms with Gasteiger partial charge in [-0.25, -0.2) is 0 Å². The fourth-order valence-corrected chi connectivity index (χ4v) is 2.05. The van der Waals surface area contributed by atoms with Crippen LogP contribution in [0.2, 0.25) is 0 Å². The Hall–Kier alpha value is -0.0400. The molecule has 1 nitrogen and oxygen atoms in total. The summed E-state index contributed by atoms with van der Waals surface area (Å²) in [4.78, 5) is 2.53. The normalized spacial score (nSPS) is 22.8. The van der Waals surface area contributed by atoms with Crippen LogP contribution in [0.1, 0.15) is 40.5 Å². The smallest absolute Gasteiger partial charge is 0.00477 e. The molecular formula is C11H23N. The van der Waals surface area contributed by atoms with Gasteiger partial charge in [-0.2, -0.15) is 0 Å². The lowest BCUT2D eigenvalue weighted by Crippen LogP contribution is -2.54. The van der Waals surface area contributed by atoms with E-state index in [4.69, 9.17) is 0 Å². The molecule has 0 radical (unpaired) electrons. The van der Waals surface area contributed by atoms with Gasteiger partial charge in [0, 0.05) is 13.1 Å². The molecule has 0 spiro atoms. The summed E-state index contributed by atoms with van der Waals surface area (Å²) in [5, 5.41) is 0. The number of likely N-dealkylation sites (tertiary alicyclic amines) is 1. The van der Waals surface area contributed by atoms with E-state index in [1.54, 1.807) is 0 Å². The molecule has 72 valence electrons. The average Bonchev–Trinajstić information content (AvgIpc) is 1.95. The average molecular weight is 169 g/mol. The molecule has 12 heavy (non-hydrogen) atoms. The third kappa shape index (κ3) is 2.48. The van der Waals surface area contributed by atoms with Gasteiger partial charge in [0.1, 0.15) is 0 Å². The molecule has 1 aliphatic heterocycles. The SMILES string of the molecule is CCN1CC(C)(CCC(C)C)C1. The quantitative estimate of drug-likeness (QED) is 0.625. The van der Waals surface area contributed by atoms with Crippen LogP contribution in [0.15, 0.2) is 0 Å². The van der Waals surface area contributed by atoms with Crippen LogP contribution in [-0.4, -0.2) is 24.5 Å². The monoisotopic (exact) mass is 169 g/mol. The second-order valence-corrected chi connectivity index (χ2v) is 5.05. The number of hydrogen-bond acceptors (Lipinski definition) is 1. The largest absolute Gasteiger partial charge is 0.302 e. The minimum atomic E-state index is 0.653. The van der Waals surface area contributed by atoms with E-state index in [9.17, 15) is 0 Å². The molecule has 0 unspecified atom stereocenters. The lowest BCUT2D eigenvalue weighted by atomic mass is 9.76. The van der Waals surface area contributed by atoms with Crippen molar-refractivity contribution < 1.29 is 0 Å². The molecule has 0 aromatic heterocycles. The Kier molecular flexibility index (Phi) is 3.16. The number of rotatable bonds is 4. The maximum atomic E-state index is 2.53. The molecule has 0 aliphatic carbocycles. The van der Waals surface area contributed by atoms with Gasteiger partial charge in [0.2, 0.25) is 0 Å². The van der Waals surface area contributed by atoms with Gasteiger partial charge >= 0.3 is 0 Å². The maximum Gasteiger partial charge on any atom is 0.00477 e. The summed E-state index contributed by atoms with van der Waals surface area (Å²) in [6.07, 6.45) is 2.81. The molecule has 0 aromatic rings. The Morgan fingerprint density at radius 3 is 2.33 bits per heavy atom. The van der Waals surface area contributed by atoms with Crippen LogP contribution in [0.25, 0.3) is 0 Å². The van der Waals surface area contributed by atoms with Crippen LogP contribution in [0.4, 0.5) is 0 Å². The minimum Gasteiger partial charge on any atom is -0.302 e. The highest BCUT2D eigenvalue weighted by Crippen LogP contribution is 2.35. The molecule has 0 amide bonds. The molecule has 1 rings (SSSR count).